The van der Waals surface area contributed by atoms with Gasteiger partial charge in [-0.1, -0.05) is 58.3 Å². The van der Waals surface area contributed by atoms with Crippen molar-refractivity contribution in [2.24, 2.45) is 11.8 Å². The van der Waals surface area contributed by atoms with Gasteiger partial charge in [0.05, 0.1) is 35.4 Å². The van der Waals surface area contributed by atoms with Gasteiger partial charge in [-0.15, -0.1) is 11.3 Å². The number of benzene rings is 1. The summed E-state index contributed by atoms with van der Waals surface area (Å²) in [5.41, 5.74) is 0.172. The summed E-state index contributed by atoms with van der Waals surface area (Å²) >= 11 is 1.45. The van der Waals surface area contributed by atoms with Gasteiger partial charge in [-0.3, -0.25) is 19.1 Å². The van der Waals surface area contributed by atoms with E-state index < -0.39 is 74.1 Å². The maximum Gasteiger partial charge on any atom is 0.412 e. The second-order valence-corrected chi connectivity index (χ2v) is 21.2. The Labute approximate surface area is 379 Å². The molecule has 1 aromatic carbocycles. The predicted octanol–water partition coefficient (Wildman–Crippen LogP) is 6.97. The molecule has 64 heavy (non-hydrogen) atoms. The van der Waals surface area contributed by atoms with Crippen molar-refractivity contribution >= 4 is 61.2 Å². The molecule has 3 fully saturated rings. The number of hydrogen-bond donors (Lipinski definition) is 4. The van der Waals surface area contributed by atoms with E-state index in [0.29, 0.717) is 53.1 Å². The van der Waals surface area contributed by atoms with Crippen LogP contribution in [0.1, 0.15) is 105 Å². The molecule has 346 valence electrons. The van der Waals surface area contributed by atoms with Crippen molar-refractivity contribution in [1.29, 1.82) is 0 Å². The van der Waals surface area contributed by atoms with Gasteiger partial charge in [0, 0.05) is 41.3 Å². The number of nitrogens with zero attached hydrogens (tertiary/aromatic N) is 3. The van der Waals surface area contributed by atoms with Crippen molar-refractivity contribution < 1.29 is 41.8 Å². The fraction of sp³-hybridized carbons (Fsp3) is 0.565. The molecule has 7 rings (SSSR count). The van der Waals surface area contributed by atoms with Crippen LogP contribution >= 0.6 is 11.3 Å². The maximum absolute atomic E-state index is 14.8. The van der Waals surface area contributed by atoms with Crippen LogP contribution in [0.5, 0.6) is 11.5 Å². The molecule has 0 unspecified atom stereocenters. The molecule has 4 heterocycles. The normalized spacial score (nSPS) is 25.0. The van der Waals surface area contributed by atoms with Gasteiger partial charge in [-0.25, -0.2) is 23.2 Å². The number of aromatic nitrogens is 2. The second-order valence-electron chi connectivity index (χ2n) is 18.3. The minimum absolute atomic E-state index is 0.00662. The first-order valence-electron chi connectivity index (χ1n) is 22.3. The van der Waals surface area contributed by atoms with Crippen molar-refractivity contribution in [3.8, 4) is 22.9 Å². The Morgan fingerprint density at radius 3 is 2.47 bits per heavy atom. The molecular formula is C46H61N7O9S2. The number of anilines is 1. The van der Waals surface area contributed by atoms with E-state index in [0.717, 1.165) is 43.7 Å². The minimum Gasteiger partial charge on any atom is -0.497 e. The van der Waals surface area contributed by atoms with E-state index >= 15 is 0 Å². The first kappa shape index (κ1) is 46.8. The summed E-state index contributed by atoms with van der Waals surface area (Å²) in [6.07, 6.45) is 9.36. The van der Waals surface area contributed by atoms with Crippen LogP contribution in [-0.2, 0) is 29.1 Å². The zero-order valence-corrected chi connectivity index (χ0v) is 39.2. The maximum atomic E-state index is 14.8. The van der Waals surface area contributed by atoms with Gasteiger partial charge in [0.25, 0.3) is 5.91 Å². The van der Waals surface area contributed by atoms with Crippen LogP contribution in [0.3, 0.4) is 0 Å². The Morgan fingerprint density at radius 1 is 1.02 bits per heavy atom. The van der Waals surface area contributed by atoms with Gasteiger partial charge in [0.1, 0.15) is 40.9 Å². The molecule has 4 amide bonds. The number of nitrogens with one attached hydrogen (secondary N) is 4. The van der Waals surface area contributed by atoms with Crippen LogP contribution < -0.4 is 30.1 Å². The highest BCUT2D eigenvalue weighted by atomic mass is 32.2. The average molecular weight is 920 g/mol. The van der Waals surface area contributed by atoms with Crippen molar-refractivity contribution in [3.63, 3.8) is 0 Å². The van der Waals surface area contributed by atoms with E-state index in [1.165, 1.54) is 23.2 Å². The Morgan fingerprint density at radius 2 is 1.77 bits per heavy atom. The molecule has 2 aromatic heterocycles. The quantitative estimate of drug-likeness (QED) is 0.107. The molecule has 4 aliphatic rings. The first-order chi connectivity index (χ1) is 30.4. The number of hydrogen-bond acceptors (Lipinski definition) is 13. The number of alkyl carbamates (subject to hydrolysis) is 1. The standard InChI is InChI=1S/C46H61N7O9S2/c1-27(2)39(50-44(57)61-29(5)6)41(55)53-25-32(62-38-23-35(36-26-63-43(49-36)47-28(3)4)48-34-21-31(60-7)16-17-33(34)38)22-37(53)40(54)51-46-24-30(46)15-13-11-9-8-10-12-14-18-45(19-20-45)64(58,59)52-42(46)56/h13,15-17,21,23,26-28,30,32,37,39H,5,8-12,14,18-20,22,24-25H2,1-4,6-7H3,(H,47,49)(H,50,57)(H,51,54)(H,52,56)/b15-13+/t30-,32-,37+,39+,46-/m1/s1. The van der Waals surface area contributed by atoms with E-state index in [4.69, 9.17) is 24.2 Å². The van der Waals surface area contributed by atoms with Crippen molar-refractivity contribution in [1.82, 2.24) is 30.2 Å². The lowest BCUT2D eigenvalue weighted by atomic mass is 10.0. The molecule has 0 bridgehead atoms. The van der Waals surface area contributed by atoms with Gasteiger partial charge in [0.2, 0.25) is 21.8 Å². The van der Waals surface area contributed by atoms with Crippen LogP contribution in [-0.4, -0.2) is 95.3 Å². The number of sulfonamides is 1. The van der Waals surface area contributed by atoms with Crippen LogP contribution in [0.2, 0.25) is 0 Å². The summed E-state index contributed by atoms with van der Waals surface area (Å²) in [7, 11) is -2.49. The van der Waals surface area contributed by atoms with Crippen LogP contribution in [0.4, 0.5) is 9.93 Å². The third-order valence-electron chi connectivity index (χ3n) is 12.5. The first-order valence-corrected chi connectivity index (χ1v) is 24.7. The highest BCUT2D eigenvalue weighted by Crippen LogP contribution is 2.50. The largest absolute Gasteiger partial charge is 0.497 e. The van der Waals surface area contributed by atoms with E-state index in [9.17, 15) is 27.6 Å². The number of carbonyl (C=O) groups excluding carboxylic acids is 4. The van der Waals surface area contributed by atoms with Gasteiger partial charge in [-0.05, 0) is 77.3 Å². The zero-order valence-electron chi connectivity index (χ0n) is 37.5. The van der Waals surface area contributed by atoms with E-state index in [1.54, 1.807) is 39.2 Å². The highest BCUT2D eigenvalue weighted by Gasteiger charge is 2.63. The van der Waals surface area contributed by atoms with E-state index in [1.807, 2.05) is 37.4 Å². The number of carbonyl (C=O) groups is 4. The molecule has 1 saturated heterocycles. The lowest BCUT2D eigenvalue weighted by Crippen LogP contribution is -2.59. The fourth-order valence-electron chi connectivity index (χ4n) is 8.70. The van der Waals surface area contributed by atoms with Crippen LogP contribution in [0, 0.1) is 11.8 Å². The molecule has 1 spiro atoms. The minimum atomic E-state index is -4.05. The molecule has 3 aromatic rings. The van der Waals surface area contributed by atoms with Crippen LogP contribution in [0.15, 0.2) is 54.1 Å². The molecule has 16 nitrogen and oxygen atoms in total. The Bertz CT molecular complexity index is 2410. The summed E-state index contributed by atoms with van der Waals surface area (Å²) < 4.78 is 46.5. The molecule has 5 atom stereocenters. The third-order valence-corrected chi connectivity index (χ3v) is 15.5. The summed E-state index contributed by atoms with van der Waals surface area (Å²) in [4.78, 5) is 67.6. The topological polar surface area (TPSA) is 207 Å². The molecule has 2 aliphatic carbocycles. The van der Waals surface area contributed by atoms with Crippen LogP contribution in [0.25, 0.3) is 22.3 Å². The van der Waals surface area contributed by atoms with E-state index in [2.05, 4.69) is 27.3 Å². The SMILES string of the molecule is C=C(C)OC(=O)N[C@H](C(=O)N1C[C@H](Oc2cc(-c3csc(NC(C)C)n3)nc3cc(OC)ccc23)C[C@H]1C(=O)N[C@]12C[C@H]1/C=C/CCCCCCCC1(CC1)S(=O)(=O)NC2=O)C(C)C. The number of fused-ring (bicyclic) bond motifs is 2. The predicted molar refractivity (Wildman–Crippen MR) is 245 cm³/mol. The number of likely N-dealkylation sites (tertiary alicyclic amines) is 1. The van der Waals surface area contributed by atoms with Crippen molar-refractivity contribution in [2.75, 3.05) is 19.0 Å². The molecule has 4 N–H and O–H groups in total. The van der Waals surface area contributed by atoms with Gasteiger partial charge in [-0.2, -0.15) is 0 Å². The number of rotatable bonds is 12. The van der Waals surface area contributed by atoms with Crippen molar-refractivity contribution in [2.45, 2.75) is 140 Å². The average Bonchev–Trinajstić information content (AvgIpc) is 4.06. The number of amides is 4. The lowest BCUT2D eigenvalue weighted by Gasteiger charge is -2.31. The Balaban J connectivity index is 1.21. The summed E-state index contributed by atoms with van der Waals surface area (Å²) in [5.74, 6) is -1.75. The Hall–Kier alpha value is -5.23. The molecule has 0 radical (unpaired) electrons. The van der Waals surface area contributed by atoms with Gasteiger partial charge >= 0.3 is 6.09 Å². The number of allylic oxidation sites excluding steroid dienone is 2. The Kier molecular flexibility index (Phi) is 13.9. The smallest absolute Gasteiger partial charge is 0.412 e. The molecule has 2 saturated carbocycles. The summed E-state index contributed by atoms with van der Waals surface area (Å²) in [6, 6.07) is 5.06. The second kappa shape index (κ2) is 19.1. The van der Waals surface area contributed by atoms with Gasteiger partial charge < -0.3 is 35.1 Å². The monoisotopic (exact) mass is 919 g/mol. The lowest BCUT2D eigenvalue weighted by molar-refractivity contribution is -0.141. The fourth-order valence-corrected chi connectivity index (χ4v) is 11.2. The molecule has 18 heteroatoms. The third kappa shape index (κ3) is 10.3. The summed E-state index contributed by atoms with van der Waals surface area (Å²) in [6.45, 7) is 12.6. The number of methoxy groups -OCH3 is 1. The number of thiazole rings is 1. The number of ether oxygens (including phenoxy) is 3. The van der Waals surface area contributed by atoms with Crippen molar-refractivity contribution in [3.05, 3.63) is 54.1 Å². The summed E-state index contributed by atoms with van der Waals surface area (Å²) in [5, 5.41) is 12.2. The zero-order chi connectivity index (χ0) is 46.0. The molecule has 2 aliphatic heterocycles. The van der Waals surface area contributed by atoms with Gasteiger partial charge in [0.15, 0.2) is 5.13 Å². The van der Waals surface area contributed by atoms with E-state index in [-0.39, 0.29) is 31.2 Å². The highest BCUT2D eigenvalue weighted by molar-refractivity contribution is 7.91. The molecular weight excluding hydrogens is 859 g/mol. The number of pyridine rings is 1.